The lowest BCUT2D eigenvalue weighted by Gasteiger charge is -2.36. The number of ether oxygens (including phenoxy) is 1. The number of carbonyl (C=O) groups is 1. The van der Waals surface area contributed by atoms with E-state index >= 15 is 0 Å². The van der Waals surface area contributed by atoms with Crippen LogP contribution in [0.5, 0.6) is 0 Å². The smallest absolute Gasteiger partial charge is 0.410 e. The van der Waals surface area contributed by atoms with Crippen LogP contribution in [0.4, 0.5) is 4.79 Å². The number of hydrogen-bond acceptors (Lipinski definition) is 4. The molecule has 1 aliphatic rings. The maximum atomic E-state index is 12.4. The van der Waals surface area contributed by atoms with E-state index in [9.17, 15) is 4.79 Å². The Morgan fingerprint density at radius 1 is 1.50 bits per heavy atom. The van der Waals surface area contributed by atoms with Crippen LogP contribution >= 0.6 is 0 Å². The Morgan fingerprint density at radius 3 is 2.86 bits per heavy atom. The van der Waals surface area contributed by atoms with E-state index in [1.165, 1.54) is 0 Å². The van der Waals surface area contributed by atoms with Crippen LogP contribution in [0.3, 0.4) is 0 Å². The van der Waals surface area contributed by atoms with Crippen LogP contribution in [0.25, 0.3) is 0 Å². The fourth-order valence-corrected chi connectivity index (χ4v) is 2.57. The summed E-state index contributed by atoms with van der Waals surface area (Å²) >= 11 is 0. The summed E-state index contributed by atoms with van der Waals surface area (Å²) in [6.07, 6.45) is 3.64. The molecule has 1 aliphatic heterocycles. The van der Waals surface area contributed by atoms with E-state index in [0.717, 1.165) is 25.2 Å². The molecule has 0 radical (unpaired) electrons. The molecule has 1 aromatic heterocycles. The van der Waals surface area contributed by atoms with Gasteiger partial charge >= 0.3 is 6.09 Å². The summed E-state index contributed by atoms with van der Waals surface area (Å²) in [4.78, 5) is 14.2. The number of nitrogens with zero attached hydrogens (tertiary/aromatic N) is 3. The van der Waals surface area contributed by atoms with Crippen LogP contribution in [-0.2, 0) is 11.3 Å². The minimum absolute atomic E-state index is 0.0236. The zero-order chi connectivity index (χ0) is 16.3. The van der Waals surface area contributed by atoms with Crippen molar-refractivity contribution in [1.29, 1.82) is 0 Å². The molecular formula is C16H28N4O2. The van der Waals surface area contributed by atoms with Crippen LogP contribution in [-0.4, -0.2) is 46.0 Å². The summed E-state index contributed by atoms with van der Waals surface area (Å²) in [5, 5.41) is 7.75. The van der Waals surface area contributed by atoms with Crippen molar-refractivity contribution in [2.24, 2.45) is 5.92 Å². The molecule has 6 nitrogen and oxygen atoms in total. The lowest BCUT2D eigenvalue weighted by Crippen LogP contribution is -2.50. The Labute approximate surface area is 132 Å². The Bertz CT molecular complexity index is 504. The second-order valence-corrected chi connectivity index (χ2v) is 7.28. The fourth-order valence-electron chi connectivity index (χ4n) is 2.57. The monoisotopic (exact) mass is 308 g/mol. The van der Waals surface area contributed by atoms with Crippen molar-refractivity contribution in [2.45, 2.75) is 52.8 Å². The third kappa shape index (κ3) is 4.47. The molecule has 2 rings (SSSR count). The molecule has 0 aliphatic carbocycles. The van der Waals surface area contributed by atoms with Gasteiger partial charge in [0.15, 0.2) is 0 Å². The lowest BCUT2D eigenvalue weighted by atomic mass is 10.1. The predicted octanol–water partition coefficient (Wildman–Crippen LogP) is 2.42. The topological polar surface area (TPSA) is 59.4 Å². The zero-order valence-electron chi connectivity index (χ0n) is 14.3. The van der Waals surface area contributed by atoms with Gasteiger partial charge in [-0.25, -0.2) is 4.79 Å². The highest BCUT2D eigenvalue weighted by atomic mass is 16.6. The van der Waals surface area contributed by atoms with Crippen molar-refractivity contribution in [1.82, 2.24) is 20.0 Å². The summed E-state index contributed by atoms with van der Waals surface area (Å²) < 4.78 is 7.48. The third-order valence-electron chi connectivity index (χ3n) is 3.46. The largest absolute Gasteiger partial charge is 0.444 e. The molecule has 0 aromatic carbocycles. The average Bonchev–Trinajstić information content (AvgIpc) is 2.84. The van der Waals surface area contributed by atoms with Crippen LogP contribution in [0, 0.1) is 5.92 Å². The predicted molar refractivity (Wildman–Crippen MR) is 85.6 cm³/mol. The first-order valence-electron chi connectivity index (χ1n) is 7.99. The summed E-state index contributed by atoms with van der Waals surface area (Å²) in [5.41, 5.74) is 0.577. The first-order chi connectivity index (χ1) is 10.3. The first-order valence-corrected chi connectivity index (χ1v) is 7.99. The van der Waals surface area contributed by atoms with Crippen LogP contribution in [0.1, 0.15) is 46.2 Å². The summed E-state index contributed by atoms with van der Waals surface area (Å²) in [6.45, 7) is 13.0. The molecule has 1 unspecified atom stereocenters. The Balaban J connectivity index is 2.12. The second-order valence-electron chi connectivity index (χ2n) is 7.28. The van der Waals surface area contributed by atoms with Gasteiger partial charge in [-0.05, 0) is 26.7 Å². The van der Waals surface area contributed by atoms with E-state index in [-0.39, 0.29) is 12.1 Å². The number of piperazine rings is 1. The minimum atomic E-state index is -0.478. The van der Waals surface area contributed by atoms with Crippen molar-refractivity contribution in [3.8, 4) is 0 Å². The molecule has 1 aromatic rings. The highest BCUT2D eigenvalue weighted by molar-refractivity contribution is 5.69. The van der Waals surface area contributed by atoms with Gasteiger partial charge in [0.05, 0.1) is 12.2 Å². The Kier molecular flexibility index (Phi) is 5.11. The molecule has 1 N–H and O–H groups in total. The molecule has 124 valence electrons. The van der Waals surface area contributed by atoms with Crippen molar-refractivity contribution in [3.05, 3.63) is 18.0 Å². The first kappa shape index (κ1) is 16.8. The molecule has 1 fully saturated rings. The molecular weight excluding hydrogens is 280 g/mol. The van der Waals surface area contributed by atoms with E-state index in [1.54, 1.807) is 4.90 Å². The van der Waals surface area contributed by atoms with Gasteiger partial charge in [0, 0.05) is 37.9 Å². The van der Waals surface area contributed by atoms with Crippen molar-refractivity contribution < 1.29 is 9.53 Å². The lowest BCUT2D eigenvalue weighted by molar-refractivity contribution is 0.0118. The summed E-state index contributed by atoms with van der Waals surface area (Å²) in [5.74, 6) is 0.541. The maximum Gasteiger partial charge on any atom is 0.410 e. The normalized spacial score (nSPS) is 19.5. The number of nitrogens with one attached hydrogen (secondary N) is 1. The quantitative estimate of drug-likeness (QED) is 0.931. The fraction of sp³-hybridized carbons (Fsp3) is 0.750. The van der Waals surface area contributed by atoms with Gasteiger partial charge < -0.3 is 10.1 Å². The zero-order valence-corrected chi connectivity index (χ0v) is 14.3. The molecule has 22 heavy (non-hydrogen) atoms. The highest BCUT2D eigenvalue weighted by Gasteiger charge is 2.32. The molecule has 1 amide bonds. The molecule has 0 bridgehead atoms. The molecule has 6 heteroatoms. The van der Waals surface area contributed by atoms with E-state index in [4.69, 9.17) is 4.74 Å². The summed E-state index contributed by atoms with van der Waals surface area (Å²) in [7, 11) is 0. The number of rotatable bonds is 3. The van der Waals surface area contributed by atoms with Crippen LogP contribution in [0.15, 0.2) is 12.4 Å². The van der Waals surface area contributed by atoms with E-state index in [2.05, 4.69) is 24.3 Å². The van der Waals surface area contributed by atoms with Gasteiger partial charge in [-0.3, -0.25) is 9.58 Å². The molecule has 0 spiro atoms. The van der Waals surface area contributed by atoms with Gasteiger partial charge in [0.1, 0.15) is 5.60 Å². The van der Waals surface area contributed by atoms with Gasteiger partial charge in [-0.15, -0.1) is 0 Å². The Morgan fingerprint density at radius 2 is 2.23 bits per heavy atom. The molecule has 0 saturated carbocycles. The van der Waals surface area contributed by atoms with Crippen molar-refractivity contribution in [3.63, 3.8) is 0 Å². The standard InChI is InChI=1S/C16H28N4O2/c1-12(2)10-19-11-13(8-18-19)14-9-17-6-7-20(14)15(21)22-16(3,4)5/h8,11-12,14,17H,6-7,9-10H2,1-5H3. The van der Waals surface area contributed by atoms with E-state index < -0.39 is 5.60 Å². The average molecular weight is 308 g/mol. The number of hydrogen-bond donors (Lipinski definition) is 1. The minimum Gasteiger partial charge on any atom is -0.444 e. The highest BCUT2D eigenvalue weighted by Crippen LogP contribution is 2.24. The number of aromatic nitrogens is 2. The number of carbonyl (C=O) groups excluding carboxylic acids is 1. The summed E-state index contributed by atoms with van der Waals surface area (Å²) in [6, 6.07) is -0.0236. The van der Waals surface area contributed by atoms with Gasteiger partial charge in [-0.2, -0.15) is 5.10 Å². The SMILES string of the molecule is CC(C)Cn1cc(C2CNCCN2C(=O)OC(C)(C)C)cn1. The maximum absolute atomic E-state index is 12.4. The molecule has 2 heterocycles. The van der Waals surface area contributed by atoms with Gasteiger partial charge in [-0.1, -0.05) is 13.8 Å². The molecule has 1 saturated heterocycles. The third-order valence-corrected chi connectivity index (χ3v) is 3.46. The van der Waals surface area contributed by atoms with Crippen LogP contribution < -0.4 is 5.32 Å². The second kappa shape index (κ2) is 6.69. The Hall–Kier alpha value is -1.56. The van der Waals surface area contributed by atoms with Crippen LogP contribution in [0.2, 0.25) is 0 Å². The van der Waals surface area contributed by atoms with E-state index in [0.29, 0.717) is 12.5 Å². The van der Waals surface area contributed by atoms with Gasteiger partial charge in [0.2, 0.25) is 0 Å². The van der Waals surface area contributed by atoms with Crippen molar-refractivity contribution >= 4 is 6.09 Å². The van der Waals surface area contributed by atoms with Crippen molar-refractivity contribution in [2.75, 3.05) is 19.6 Å². The van der Waals surface area contributed by atoms with Gasteiger partial charge in [0.25, 0.3) is 0 Å². The molecule has 1 atom stereocenters. The van der Waals surface area contributed by atoms with E-state index in [1.807, 2.05) is 37.8 Å². The number of amides is 1.